The van der Waals surface area contributed by atoms with Crippen molar-refractivity contribution >= 4 is 0 Å². The van der Waals surface area contributed by atoms with E-state index in [1.807, 2.05) is 18.3 Å². The van der Waals surface area contributed by atoms with Crippen LogP contribution < -0.4 is 10.6 Å². The highest BCUT2D eigenvalue weighted by Crippen LogP contribution is 2.10. The van der Waals surface area contributed by atoms with Crippen LogP contribution in [0, 0.1) is 0 Å². The van der Waals surface area contributed by atoms with Crippen molar-refractivity contribution in [2.24, 2.45) is 0 Å². The molecule has 2 heterocycles. The summed E-state index contributed by atoms with van der Waals surface area (Å²) < 4.78 is 0. The fraction of sp³-hybridized carbons (Fsp3) is 0.615. The number of hydrogen-bond donors (Lipinski definition) is 2. The van der Waals surface area contributed by atoms with Crippen molar-refractivity contribution in [3.63, 3.8) is 0 Å². The van der Waals surface area contributed by atoms with Gasteiger partial charge in [-0.1, -0.05) is 12.5 Å². The lowest BCUT2D eigenvalue weighted by atomic mass is 10.0. The molecule has 1 saturated heterocycles. The summed E-state index contributed by atoms with van der Waals surface area (Å²) in [6.07, 6.45) is 5.83. The van der Waals surface area contributed by atoms with E-state index in [1.54, 1.807) is 0 Å². The third-order valence-corrected chi connectivity index (χ3v) is 3.21. The minimum atomic E-state index is 0.338. The van der Waals surface area contributed by atoms with Gasteiger partial charge in [-0.2, -0.15) is 0 Å². The predicted octanol–water partition coefficient (Wildman–Crippen LogP) is 1.87. The Bertz CT molecular complexity index is 293. The van der Waals surface area contributed by atoms with E-state index in [1.165, 1.54) is 25.8 Å². The Balaban J connectivity index is 1.77. The van der Waals surface area contributed by atoms with Crippen LogP contribution in [0.5, 0.6) is 0 Å². The lowest BCUT2D eigenvalue weighted by Gasteiger charge is -2.25. The third-order valence-electron chi connectivity index (χ3n) is 3.21. The van der Waals surface area contributed by atoms with Gasteiger partial charge in [-0.25, -0.2) is 0 Å². The monoisotopic (exact) mass is 219 g/mol. The molecule has 1 fully saturated rings. The van der Waals surface area contributed by atoms with Crippen molar-refractivity contribution in [2.75, 3.05) is 13.1 Å². The number of aromatic nitrogens is 1. The molecule has 1 aliphatic rings. The van der Waals surface area contributed by atoms with Crippen molar-refractivity contribution < 1.29 is 0 Å². The number of nitrogens with zero attached hydrogens (tertiary/aromatic N) is 1. The second kappa shape index (κ2) is 5.97. The first-order valence-electron chi connectivity index (χ1n) is 6.24. The highest BCUT2D eigenvalue weighted by atomic mass is 15.0. The smallest absolute Gasteiger partial charge is 0.0570 e. The Kier molecular flexibility index (Phi) is 4.31. The molecule has 1 aliphatic heterocycles. The molecule has 16 heavy (non-hydrogen) atoms. The summed E-state index contributed by atoms with van der Waals surface area (Å²) in [7, 11) is 0. The topological polar surface area (TPSA) is 37.0 Å². The first-order valence-corrected chi connectivity index (χ1v) is 6.24. The van der Waals surface area contributed by atoms with Crippen LogP contribution in [0.15, 0.2) is 24.4 Å². The summed E-state index contributed by atoms with van der Waals surface area (Å²) in [4.78, 5) is 4.36. The highest BCUT2D eigenvalue weighted by Gasteiger charge is 2.13. The first-order chi connectivity index (χ1) is 7.86. The highest BCUT2D eigenvalue weighted by molar-refractivity contribution is 5.07. The number of hydrogen-bond acceptors (Lipinski definition) is 3. The third kappa shape index (κ3) is 3.29. The Morgan fingerprint density at radius 2 is 2.44 bits per heavy atom. The Labute approximate surface area is 97.7 Å². The minimum Gasteiger partial charge on any atom is -0.313 e. The van der Waals surface area contributed by atoms with Crippen LogP contribution in [0.2, 0.25) is 0 Å². The Morgan fingerprint density at radius 1 is 1.50 bits per heavy atom. The van der Waals surface area contributed by atoms with Crippen molar-refractivity contribution in [1.29, 1.82) is 0 Å². The molecule has 1 unspecified atom stereocenters. The largest absolute Gasteiger partial charge is 0.313 e. The fourth-order valence-electron chi connectivity index (χ4n) is 2.15. The van der Waals surface area contributed by atoms with Crippen LogP contribution in [0.1, 0.15) is 37.9 Å². The van der Waals surface area contributed by atoms with Gasteiger partial charge in [-0.05, 0) is 38.4 Å². The van der Waals surface area contributed by atoms with Gasteiger partial charge in [0.15, 0.2) is 0 Å². The van der Waals surface area contributed by atoms with Crippen molar-refractivity contribution in [3.05, 3.63) is 30.1 Å². The van der Waals surface area contributed by atoms with Crippen molar-refractivity contribution in [2.45, 2.75) is 38.3 Å². The minimum absolute atomic E-state index is 0.338. The van der Waals surface area contributed by atoms with Crippen LogP contribution >= 0.6 is 0 Å². The van der Waals surface area contributed by atoms with E-state index in [9.17, 15) is 0 Å². The van der Waals surface area contributed by atoms with Crippen LogP contribution in [0.3, 0.4) is 0 Å². The molecular weight excluding hydrogens is 198 g/mol. The van der Waals surface area contributed by atoms with Crippen LogP contribution in [0.25, 0.3) is 0 Å². The van der Waals surface area contributed by atoms with E-state index < -0.39 is 0 Å². The molecule has 3 nitrogen and oxygen atoms in total. The van der Waals surface area contributed by atoms with E-state index >= 15 is 0 Å². The molecule has 2 rings (SSSR count). The maximum absolute atomic E-state index is 4.36. The number of piperidine rings is 1. The summed E-state index contributed by atoms with van der Waals surface area (Å²) in [6.45, 7) is 4.38. The van der Waals surface area contributed by atoms with Gasteiger partial charge in [0, 0.05) is 24.8 Å². The maximum Gasteiger partial charge on any atom is 0.0570 e. The van der Waals surface area contributed by atoms with Gasteiger partial charge < -0.3 is 10.6 Å². The van der Waals surface area contributed by atoms with Gasteiger partial charge in [-0.15, -0.1) is 0 Å². The number of pyridine rings is 1. The SMILES string of the molecule is C[C@H](NCC1CCCCN1)c1ccccn1. The molecule has 0 spiro atoms. The molecule has 0 radical (unpaired) electrons. The predicted molar refractivity (Wildman–Crippen MR) is 66.3 cm³/mol. The quantitative estimate of drug-likeness (QED) is 0.812. The van der Waals surface area contributed by atoms with Gasteiger partial charge in [0.05, 0.1) is 5.69 Å². The summed E-state index contributed by atoms with van der Waals surface area (Å²) in [5, 5.41) is 7.09. The first kappa shape index (κ1) is 11.6. The fourth-order valence-corrected chi connectivity index (χ4v) is 2.15. The van der Waals surface area contributed by atoms with Crippen molar-refractivity contribution in [3.8, 4) is 0 Å². The normalized spacial score (nSPS) is 22.9. The number of rotatable bonds is 4. The van der Waals surface area contributed by atoms with Crippen LogP contribution in [-0.4, -0.2) is 24.1 Å². The molecule has 0 bridgehead atoms. The molecule has 3 heteroatoms. The second-order valence-corrected chi connectivity index (χ2v) is 4.53. The average molecular weight is 219 g/mol. The van der Waals surface area contributed by atoms with E-state index in [-0.39, 0.29) is 0 Å². The van der Waals surface area contributed by atoms with Gasteiger partial charge in [0.25, 0.3) is 0 Å². The molecule has 0 saturated carbocycles. The van der Waals surface area contributed by atoms with Gasteiger partial charge in [0.1, 0.15) is 0 Å². The van der Waals surface area contributed by atoms with E-state index in [2.05, 4.69) is 28.6 Å². The molecule has 0 aromatic carbocycles. The summed E-state index contributed by atoms with van der Waals surface area (Å²) in [6, 6.07) is 7.05. The lowest BCUT2D eigenvalue weighted by molar-refractivity contribution is 0.370. The summed E-state index contributed by atoms with van der Waals surface area (Å²) in [5.41, 5.74) is 1.12. The van der Waals surface area contributed by atoms with Crippen LogP contribution in [-0.2, 0) is 0 Å². The van der Waals surface area contributed by atoms with Gasteiger partial charge in [-0.3, -0.25) is 4.98 Å². The van der Waals surface area contributed by atoms with Gasteiger partial charge in [0.2, 0.25) is 0 Å². The zero-order valence-corrected chi connectivity index (χ0v) is 9.95. The molecule has 1 aromatic rings. The molecule has 0 amide bonds. The molecule has 0 aliphatic carbocycles. The molecular formula is C13H21N3. The molecule has 2 N–H and O–H groups in total. The summed E-state index contributed by atoms with van der Waals surface area (Å²) >= 11 is 0. The zero-order valence-electron chi connectivity index (χ0n) is 9.95. The second-order valence-electron chi connectivity index (χ2n) is 4.53. The average Bonchev–Trinajstić information content (AvgIpc) is 2.38. The molecule has 88 valence electrons. The van der Waals surface area contributed by atoms with Crippen LogP contribution in [0.4, 0.5) is 0 Å². The maximum atomic E-state index is 4.36. The van der Waals surface area contributed by atoms with E-state index in [4.69, 9.17) is 0 Å². The molecule has 1 aromatic heterocycles. The molecule has 2 atom stereocenters. The Hall–Kier alpha value is -0.930. The standard InChI is InChI=1S/C13H21N3/c1-11(13-7-3-5-9-15-13)16-10-12-6-2-4-8-14-12/h3,5,7,9,11-12,14,16H,2,4,6,8,10H2,1H3/t11-,12?/m0/s1. The lowest BCUT2D eigenvalue weighted by Crippen LogP contribution is -2.42. The van der Waals surface area contributed by atoms with Crippen molar-refractivity contribution in [1.82, 2.24) is 15.6 Å². The zero-order chi connectivity index (χ0) is 11.2. The number of nitrogens with one attached hydrogen (secondary N) is 2. The van der Waals surface area contributed by atoms with E-state index in [0.29, 0.717) is 12.1 Å². The van der Waals surface area contributed by atoms with E-state index in [0.717, 1.165) is 12.2 Å². The Morgan fingerprint density at radius 3 is 3.12 bits per heavy atom. The summed E-state index contributed by atoms with van der Waals surface area (Å²) in [5.74, 6) is 0. The van der Waals surface area contributed by atoms with Gasteiger partial charge >= 0.3 is 0 Å².